The standard InChI is InChI=1S/C23H36N4O3/c1-3-18(4-2)21(26-11-5-6-12-26)17-24-23(29)25-20-9-7-19(8-10-20)22(28)27-13-15-30-16-14-27/h7-10,18,21H,3-6,11-17H2,1-2H3,(H2,24,25,29)/t21-/m1/s1. The van der Waals surface area contributed by atoms with Gasteiger partial charge in [-0.05, 0) is 56.1 Å². The average molecular weight is 417 g/mol. The summed E-state index contributed by atoms with van der Waals surface area (Å²) in [5, 5.41) is 5.96. The fraction of sp³-hybridized carbons (Fsp3) is 0.652. The molecule has 2 aliphatic heterocycles. The fourth-order valence-electron chi connectivity index (χ4n) is 4.52. The second kappa shape index (κ2) is 11.3. The van der Waals surface area contributed by atoms with Gasteiger partial charge in [0.1, 0.15) is 0 Å². The third kappa shape index (κ3) is 5.95. The van der Waals surface area contributed by atoms with Gasteiger partial charge in [0.25, 0.3) is 5.91 Å². The summed E-state index contributed by atoms with van der Waals surface area (Å²) < 4.78 is 5.30. The van der Waals surface area contributed by atoms with Crippen LogP contribution in [0.3, 0.4) is 0 Å². The molecule has 30 heavy (non-hydrogen) atoms. The van der Waals surface area contributed by atoms with Crippen molar-refractivity contribution in [3.8, 4) is 0 Å². The van der Waals surface area contributed by atoms with E-state index < -0.39 is 0 Å². The monoisotopic (exact) mass is 416 g/mol. The maximum absolute atomic E-state index is 12.5. The molecular formula is C23H36N4O3. The van der Waals surface area contributed by atoms with Crippen molar-refractivity contribution in [1.82, 2.24) is 15.1 Å². The van der Waals surface area contributed by atoms with Crippen LogP contribution in [-0.4, -0.2) is 73.7 Å². The maximum Gasteiger partial charge on any atom is 0.319 e. The number of amides is 3. The van der Waals surface area contributed by atoms with Gasteiger partial charge in [-0.3, -0.25) is 9.69 Å². The lowest BCUT2D eigenvalue weighted by molar-refractivity contribution is 0.0303. The Labute approximate surface area is 180 Å². The van der Waals surface area contributed by atoms with Crippen molar-refractivity contribution in [2.24, 2.45) is 5.92 Å². The van der Waals surface area contributed by atoms with E-state index >= 15 is 0 Å². The molecule has 0 aromatic heterocycles. The summed E-state index contributed by atoms with van der Waals surface area (Å²) in [6.45, 7) is 9.79. The number of urea groups is 1. The molecule has 7 nitrogen and oxygen atoms in total. The summed E-state index contributed by atoms with van der Waals surface area (Å²) in [5.41, 5.74) is 1.32. The molecule has 7 heteroatoms. The Balaban J connectivity index is 1.51. The van der Waals surface area contributed by atoms with Crippen LogP contribution in [0.4, 0.5) is 10.5 Å². The summed E-state index contributed by atoms with van der Waals surface area (Å²) in [5.74, 6) is 0.599. The molecule has 2 fully saturated rings. The first-order valence-corrected chi connectivity index (χ1v) is 11.4. The van der Waals surface area contributed by atoms with E-state index in [-0.39, 0.29) is 11.9 Å². The molecule has 1 aromatic carbocycles. The number of rotatable bonds is 8. The number of anilines is 1. The zero-order valence-corrected chi connectivity index (χ0v) is 18.4. The summed E-state index contributed by atoms with van der Waals surface area (Å²) in [6.07, 6.45) is 4.75. The van der Waals surface area contributed by atoms with Gasteiger partial charge in [-0.1, -0.05) is 26.7 Å². The fourth-order valence-corrected chi connectivity index (χ4v) is 4.52. The number of hydrogen-bond acceptors (Lipinski definition) is 4. The molecule has 3 amide bonds. The van der Waals surface area contributed by atoms with E-state index in [1.165, 1.54) is 12.8 Å². The predicted octanol–water partition coefficient (Wildman–Crippen LogP) is 3.18. The van der Waals surface area contributed by atoms with Crippen molar-refractivity contribution in [3.63, 3.8) is 0 Å². The maximum atomic E-state index is 12.5. The third-order valence-corrected chi connectivity index (χ3v) is 6.36. The SMILES string of the molecule is CCC(CC)[C@@H](CNC(=O)Nc1ccc(C(=O)N2CCOCC2)cc1)N1CCCC1. The van der Waals surface area contributed by atoms with Crippen molar-refractivity contribution < 1.29 is 14.3 Å². The number of nitrogens with zero attached hydrogens (tertiary/aromatic N) is 2. The van der Waals surface area contributed by atoms with E-state index in [1.807, 2.05) is 0 Å². The van der Waals surface area contributed by atoms with Gasteiger partial charge in [0.05, 0.1) is 13.2 Å². The number of morpholine rings is 1. The van der Waals surface area contributed by atoms with Gasteiger partial charge in [0, 0.05) is 36.9 Å². The van der Waals surface area contributed by atoms with Crippen molar-refractivity contribution in [1.29, 1.82) is 0 Å². The van der Waals surface area contributed by atoms with E-state index in [0.29, 0.717) is 56.1 Å². The minimum absolute atomic E-state index is 0.00734. The molecule has 2 saturated heterocycles. The van der Waals surface area contributed by atoms with Crippen LogP contribution in [0.25, 0.3) is 0 Å². The van der Waals surface area contributed by atoms with Crippen molar-refractivity contribution in [2.45, 2.75) is 45.6 Å². The van der Waals surface area contributed by atoms with Gasteiger partial charge in [0.2, 0.25) is 0 Å². The number of nitrogens with one attached hydrogen (secondary N) is 2. The number of hydrogen-bond donors (Lipinski definition) is 2. The molecule has 3 rings (SSSR count). The first kappa shape index (κ1) is 22.6. The molecule has 2 N–H and O–H groups in total. The molecule has 0 saturated carbocycles. The van der Waals surface area contributed by atoms with Gasteiger partial charge in [-0.25, -0.2) is 4.79 Å². The molecule has 0 radical (unpaired) electrons. The summed E-state index contributed by atoms with van der Waals surface area (Å²) in [7, 11) is 0. The van der Waals surface area contributed by atoms with Crippen LogP contribution >= 0.6 is 0 Å². The van der Waals surface area contributed by atoms with E-state index in [9.17, 15) is 9.59 Å². The zero-order chi connectivity index (χ0) is 21.3. The highest BCUT2D eigenvalue weighted by molar-refractivity contribution is 5.95. The molecule has 1 atom stereocenters. The van der Waals surface area contributed by atoms with E-state index in [1.54, 1.807) is 29.2 Å². The van der Waals surface area contributed by atoms with Crippen molar-refractivity contribution in [3.05, 3.63) is 29.8 Å². The van der Waals surface area contributed by atoms with E-state index in [4.69, 9.17) is 4.74 Å². The van der Waals surface area contributed by atoms with Crippen LogP contribution in [0, 0.1) is 5.92 Å². The third-order valence-electron chi connectivity index (χ3n) is 6.36. The molecule has 0 spiro atoms. The number of ether oxygens (including phenoxy) is 1. The lowest BCUT2D eigenvalue weighted by Crippen LogP contribution is -2.47. The second-order valence-electron chi connectivity index (χ2n) is 8.20. The highest BCUT2D eigenvalue weighted by atomic mass is 16.5. The normalized spacial score (nSPS) is 18.4. The Hall–Kier alpha value is -2.12. The van der Waals surface area contributed by atoms with Gasteiger partial charge in [-0.2, -0.15) is 0 Å². The lowest BCUT2D eigenvalue weighted by Gasteiger charge is -2.33. The molecule has 2 heterocycles. The smallest absolute Gasteiger partial charge is 0.319 e. The molecular weight excluding hydrogens is 380 g/mol. The van der Waals surface area contributed by atoms with Crippen molar-refractivity contribution >= 4 is 17.6 Å². The Morgan fingerprint density at radius 2 is 1.63 bits per heavy atom. The molecule has 0 bridgehead atoms. The predicted molar refractivity (Wildman–Crippen MR) is 119 cm³/mol. The first-order chi connectivity index (χ1) is 14.6. The van der Waals surface area contributed by atoms with Gasteiger partial charge < -0.3 is 20.3 Å². The van der Waals surface area contributed by atoms with E-state index in [0.717, 1.165) is 25.9 Å². The van der Waals surface area contributed by atoms with Crippen molar-refractivity contribution in [2.75, 3.05) is 51.3 Å². The zero-order valence-electron chi connectivity index (χ0n) is 18.4. The summed E-state index contributed by atoms with van der Waals surface area (Å²) in [4.78, 5) is 29.3. The summed E-state index contributed by atoms with van der Waals surface area (Å²) >= 11 is 0. The van der Waals surface area contributed by atoms with Crippen LogP contribution in [0.2, 0.25) is 0 Å². The minimum Gasteiger partial charge on any atom is -0.378 e. The number of carbonyl (C=O) groups is 2. The van der Waals surface area contributed by atoms with Gasteiger partial charge >= 0.3 is 6.03 Å². The number of carbonyl (C=O) groups excluding carboxylic acids is 2. The average Bonchev–Trinajstić information content (AvgIpc) is 3.32. The summed E-state index contributed by atoms with van der Waals surface area (Å²) in [6, 6.07) is 7.30. The van der Waals surface area contributed by atoms with E-state index in [2.05, 4.69) is 29.4 Å². The molecule has 0 unspecified atom stereocenters. The molecule has 2 aliphatic rings. The highest BCUT2D eigenvalue weighted by Gasteiger charge is 2.27. The topological polar surface area (TPSA) is 73.9 Å². The molecule has 1 aromatic rings. The Bertz CT molecular complexity index is 676. The Morgan fingerprint density at radius 1 is 1.00 bits per heavy atom. The highest BCUT2D eigenvalue weighted by Crippen LogP contribution is 2.22. The minimum atomic E-state index is -0.197. The number of likely N-dealkylation sites (tertiary alicyclic amines) is 1. The number of benzene rings is 1. The van der Waals surface area contributed by atoms with Crippen LogP contribution in [0.15, 0.2) is 24.3 Å². The largest absolute Gasteiger partial charge is 0.378 e. The lowest BCUT2D eigenvalue weighted by atomic mass is 9.93. The Morgan fingerprint density at radius 3 is 2.23 bits per heavy atom. The van der Waals surface area contributed by atoms with Crippen LogP contribution in [0.1, 0.15) is 49.9 Å². The first-order valence-electron chi connectivity index (χ1n) is 11.4. The quantitative estimate of drug-likeness (QED) is 0.683. The van der Waals surface area contributed by atoms with Gasteiger partial charge in [0.15, 0.2) is 0 Å². The van der Waals surface area contributed by atoms with Crippen LogP contribution < -0.4 is 10.6 Å². The second-order valence-corrected chi connectivity index (χ2v) is 8.20. The Kier molecular flexibility index (Phi) is 8.51. The van der Waals surface area contributed by atoms with Gasteiger partial charge in [-0.15, -0.1) is 0 Å². The molecule has 166 valence electrons. The molecule has 0 aliphatic carbocycles. The van der Waals surface area contributed by atoms with Crippen LogP contribution in [-0.2, 0) is 4.74 Å². The van der Waals surface area contributed by atoms with Crippen LogP contribution in [0.5, 0.6) is 0 Å².